The quantitative estimate of drug-likeness (QED) is 0.480. The second-order valence-corrected chi connectivity index (χ2v) is 7.03. The molecule has 0 saturated carbocycles. The standard InChI is InChI=1S/C14H14N2O4S2/c1-7-8(2)22-13-11(7)12(15-6-16-13)21-5-10(17)20-9-3-4-19-14(9)18/h6,9H,3-5H2,1-2H3/t9-/m0/s1. The van der Waals surface area contributed by atoms with E-state index in [1.807, 2.05) is 13.8 Å². The minimum Gasteiger partial charge on any atom is -0.463 e. The summed E-state index contributed by atoms with van der Waals surface area (Å²) in [6.45, 7) is 4.37. The second-order valence-electron chi connectivity index (χ2n) is 4.87. The van der Waals surface area contributed by atoms with Crippen molar-refractivity contribution < 1.29 is 19.1 Å². The van der Waals surface area contributed by atoms with Crippen LogP contribution in [0, 0.1) is 13.8 Å². The third-order valence-corrected chi connectivity index (χ3v) is 5.50. The fourth-order valence-electron chi connectivity index (χ4n) is 2.16. The average Bonchev–Trinajstić information content (AvgIpc) is 3.02. The summed E-state index contributed by atoms with van der Waals surface area (Å²) in [5.74, 6) is -0.804. The van der Waals surface area contributed by atoms with Gasteiger partial charge in [-0.1, -0.05) is 11.8 Å². The van der Waals surface area contributed by atoms with Gasteiger partial charge in [0, 0.05) is 16.7 Å². The number of ether oxygens (including phenoxy) is 2. The molecule has 1 atom stereocenters. The molecule has 0 N–H and O–H groups in total. The Labute approximate surface area is 135 Å². The molecule has 3 heterocycles. The maximum atomic E-state index is 11.9. The van der Waals surface area contributed by atoms with Gasteiger partial charge in [-0.05, 0) is 19.4 Å². The van der Waals surface area contributed by atoms with Crippen LogP contribution >= 0.6 is 23.1 Å². The van der Waals surface area contributed by atoms with Gasteiger partial charge in [-0.25, -0.2) is 14.8 Å². The van der Waals surface area contributed by atoms with Crippen molar-refractivity contribution in [1.29, 1.82) is 0 Å². The third kappa shape index (κ3) is 2.93. The molecule has 0 amide bonds. The van der Waals surface area contributed by atoms with Crippen LogP contribution < -0.4 is 0 Å². The van der Waals surface area contributed by atoms with Gasteiger partial charge in [0.2, 0.25) is 6.10 Å². The van der Waals surface area contributed by atoms with E-state index in [1.165, 1.54) is 23.0 Å². The maximum absolute atomic E-state index is 11.9. The molecule has 22 heavy (non-hydrogen) atoms. The van der Waals surface area contributed by atoms with Gasteiger partial charge in [0.05, 0.1) is 12.4 Å². The Morgan fingerprint density at radius 3 is 3.05 bits per heavy atom. The van der Waals surface area contributed by atoms with E-state index in [-0.39, 0.29) is 5.75 Å². The zero-order chi connectivity index (χ0) is 15.7. The van der Waals surface area contributed by atoms with Crippen molar-refractivity contribution >= 4 is 45.3 Å². The van der Waals surface area contributed by atoms with E-state index in [0.717, 1.165) is 20.8 Å². The molecule has 0 unspecified atom stereocenters. The number of aryl methyl sites for hydroxylation is 2. The van der Waals surface area contributed by atoms with Gasteiger partial charge < -0.3 is 9.47 Å². The zero-order valence-corrected chi connectivity index (χ0v) is 13.8. The number of hydrogen-bond donors (Lipinski definition) is 0. The first kappa shape index (κ1) is 15.2. The minimum atomic E-state index is -0.761. The minimum absolute atomic E-state index is 0.101. The summed E-state index contributed by atoms with van der Waals surface area (Å²) < 4.78 is 9.88. The molecule has 0 spiro atoms. The number of fused-ring (bicyclic) bond motifs is 1. The molecule has 1 aliphatic rings. The lowest BCUT2D eigenvalue weighted by molar-refractivity contribution is -0.158. The predicted octanol–water partition coefficient (Wildman–Crippen LogP) is 2.26. The molecule has 8 heteroatoms. The van der Waals surface area contributed by atoms with Gasteiger partial charge >= 0.3 is 11.9 Å². The van der Waals surface area contributed by atoms with Gasteiger partial charge in [0.25, 0.3) is 0 Å². The molecular weight excluding hydrogens is 324 g/mol. The monoisotopic (exact) mass is 338 g/mol. The van der Waals surface area contributed by atoms with Crippen LogP contribution in [0.2, 0.25) is 0 Å². The predicted molar refractivity (Wildman–Crippen MR) is 83.1 cm³/mol. The zero-order valence-electron chi connectivity index (χ0n) is 12.1. The smallest absolute Gasteiger partial charge is 0.347 e. The van der Waals surface area contributed by atoms with Crippen molar-refractivity contribution in [3.05, 3.63) is 16.8 Å². The van der Waals surface area contributed by atoms with Gasteiger partial charge in [0.15, 0.2) is 0 Å². The van der Waals surface area contributed by atoms with Crippen LogP contribution in [0.1, 0.15) is 16.9 Å². The molecule has 0 aromatic carbocycles. The summed E-state index contributed by atoms with van der Waals surface area (Å²) in [4.78, 5) is 33.8. The maximum Gasteiger partial charge on any atom is 0.347 e. The molecule has 1 saturated heterocycles. The van der Waals surface area contributed by atoms with Crippen molar-refractivity contribution in [2.75, 3.05) is 12.4 Å². The molecule has 116 valence electrons. The van der Waals surface area contributed by atoms with Crippen LogP contribution in [0.5, 0.6) is 0 Å². The number of rotatable bonds is 4. The molecule has 0 aliphatic carbocycles. The largest absolute Gasteiger partial charge is 0.463 e. The Morgan fingerprint density at radius 2 is 2.32 bits per heavy atom. The number of carbonyl (C=O) groups excluding carboxylic acids is 2. The lowest BCUT2D eigenvalue weighted by atomic mass is 10.2. The molecule has 2 aromatic rings. The van der Waals surface area contributed by atoms with Gasteiger partial charge in [0.1, 0.15) is 16.2 Å². The number of nitrogens with zero attached hydrogens (tertiary/aromatic N) is 2. The Balaban J connectivity index is 1.69. The molecule has 1 aliphatic heterocycles. The van der Waals surface area contributed by atoms with Gasteiger partial charge in [-0.2, -0.15) is 0 Å². The molecule has 0 radical (unpaired) electrons. The van der Waals surface area contributed by atoms with E-state index in [2.05, 4.69) is 9.97 Å². The normalized spacial score (nSPS) is 17.7. The summed E-state index contributed by atoms with van der Waals surface area (Å²) in [7, 11) is 0. The molecule has 1 fully saturated rings. The molecule has 0 bridgehead atoms. The average molecular weight is 338 g/mol. The van der Waals surface area contributed by atoms with Gasteiger partial charge in [-0.15, -0.1) is 11.3 Å². The molecule has 3 rings (SSSR count). The molecular formula is C14H14N2O4S2. The van der Waals surface area contributed by atoms with Crippen molar-refractivity contribution in [1.82, 2.24) is 9.97 Å². The highest BCUT2D eigenvalue weighted by atomic mass is 32.2. The van der Waals surface area contributed by atoms with Gasteiger partial charge in [-0.3, -0.25) is 4.79 Å². The number of carbonyl (C=O) groups is 2. The number of aromatic nitrogens is 2. The van der Waals surface area contributed by atoms with Crippen LogP contribution in [0.4, 0.5) is 0 Å². The lowest BCUT2D eigenvalue weighted by Gasteiger charge is -2.08. The summed E-state index contributed by atoms with van der Waals surface area (Å²) >= 11 is 2.91. The van der Waals surface area contributed by atoms with E-state index in [4.69, 9.17) is 9.47 Å². The van der Waals surface area contributed by atoms with Crippen LogP contribution in [-0.2, 0) is 19.1 Å². The summed E-state index contributed by atoms with van der Waals surface area (Å²) in [6.07, 6.45) is 1.17. The van der Waals surface area contributed by atoms with Crippen molar-refractivity contribution in [2.45, 2.75) is 31.4 Å². The number of thioether (sulfide) groups is 1. The lowest BCUT2D eigenvalue weighted by Crippen LogP contribution is -2.23. The first-order chi connectivity index (χ1) is 10.6. The number of cyclic esters (lactones) is 1. The summed E-state index contributed by atoms with van der Waals surface area (Å²) in [5, 5.41) is 1.75. The van der Waals surface area contributed by atoms with E-state index >= 15 is 0 Å². The number of esters is 2. The Hall–Kier alpha value is -1.67. The molecule has 2 aromatic heterocycles. The first-order valence-corrected chi connectivity index (χ1v) is 8.56. The van der Waals surface area contributed by atoms with Crippen molar-refractivity contribution in [3.8, 4) is 0 Å². The van der Waals surface area contributed by atoms with E-state index in [1.54, 1.807) is 11.3 Å². The van der Waals surface area contributed by atoms with Crippen molar-refractivity contribution in [2.24, 2.45) is 0 Å². The van der Waals surface area contributed by atoms with Crippen LogP contribution in [0.3, 0.4) is 0 Å². The fraction of sp³-hybridized carbons (Fsp3) is 0.429. The topological polar surface area (TPSA) is 78.4 Å². The van der Waals surface area contributed by atoms with Crippen molar-refractivity contribution in [3.63, 3.8) is 0 Å². The third-order valence-electron chi connectivity index (χ3n) is 3.42. The van der Waals surface area contributed by atoms with E-state index < -0.39 is 18.0 Å². The Bertz CT molecular complexity index is 744. The SMILES string of the molecule is Cc1sc2ncnc(SCC(=O)O[C@H]3CCOC3=O)c2c1C. The van der Waals surface area contributed by atoms with Crippen LogP contribution in [0.25, 0.3) is 10.2 Å². The summed E-state index contributed by atoms with van der Waals surface area (Å²) in [5.41, 5.74) is 1.14. The van der Waals surface area contributed by atoms with Crippen LogP contribution in [0.15, 0.2) is 11.4 Å². The highest BCUT2D eigenvalue weighted by Crippen LogP contribution is 2.34. The summed E-state index contributed by atoms with van der Waals surface area (Å²) in [6, 6.07) is 0. The Kier molecular flexibility index (Phi) is 4.30. The highest BCUT2D eigenvalue weighted by Gasteiger charge is 2.30. The van der Waals surface area contributed by atoms with E-state index in [0.29, 0.717) is 13.0 Å². The first-order valence-electron chi connectivity index (χ1n) is 6.76. The van der Waals surface area contributed by atoms with E-state index in [9.17, 15) is 9.59 Å². The second kappa shape index (κ2) is 6.21. The molecule has 6 nitrogen and oxygen atoms in total. The van der Waals surface area contributed by atoms with Crippen LogP contribution in [-0.4, -0.2) is 40.4 Å². The number of hydrogen-bond acceptors (Lipinski definition) is 8. The number of thiophene rings is 1. The fourth-order valence-corrected chi connectivity index (χ4v) is 4.06. The Morgan fingerprint density at radius 1 is 1.50 bits per heavy atom. The highest BCUT2D eigenvalue weighted by molar-refractivity contribution is 8.00.